The Kier molecular flexibility index (Phi) is 10.5. The Balaban J connectivity index is 0.00000400. The van der Waals surface area contributed by atoms with Crippen molar-refractivity contribution in [2.45, 2.75) is 12.8 Å². The van der Waals surface area contributed by atoms with Gasteiger partial charge in [0.25, 0.3) is 0 Å². The van der Waals surface area contributed by atoms with Crippen LogP contribution in [0.25, 0.3) is 0 Å². The lowest BCUT2D eigenvalue weighted by Crippen LogP contribution is -2.31. The number of benzene rings is 1. The van der Waals surface area contributed by atoms with Crippen LogP contribution in [-0.4, -0.2) is 33.3 Å². The first kappa shape index (κ1) is 19.6. The predicted octanol–water partition coefficient (Wildman–Crippen LogP) is 2.34. The minimum Gasteiger partial charge on any atom is -0.493 e. The lowest BCUT2D eigenvalue weighted by Gasteiger charge is -2.09. The quantitative estimate of drug-likeness (QED) is 0.229. The Hall–Kier alpha value is -1.44. The second-order valence-electron chi connectivity index (χ2n) is 4.23. The van der Waals surface area contributed by atoms with Crippen LogP contribution in [-0.2, 0) is 6.42 Å². The number of nitrogens with zero attached hydrogens (tertiary/aromatic N) is 1. The van der Waals surface area contributed by atoms with Crippen LogP contribution in [0.1, 0.15) is 12.0 Å². The third-order valence-electron chi connectivity index (χ3n) is 2.78. The molecule has 0 amide bonds. The van der Waals surface area contributed by atoms with Crippen LogP contribution >= 0.6 is 24.0 Å². The van der Waals surface area contributed by atoms with Crippen molar-refractivity contribution in [3.8, 4) is 11.5 Å². The Morgan fingerprint density at radius 3 is 2.67 bits per heavy atom. The highest BCUT2D eigenvalue weighted by molar-refractivity contribution is 14.0. The standard InChI is InChI=1S/C15H23N3O2.HI/c1-4-9-17-15(16)18-10-5-6-12-7-8-13(19-2)14(11-12)20-3;/h4,7-8,11H,1,5-6,9-10H2,2-3H3,(H3,16,17,18);1H. The zero-order valence-corrected chi connectivity index (χ0v) is 14.9. The maximum Gasteiger partial charge on any atom is 0.188 e. The van der Waals surface area contributed by atoms with E-state index in [4.69, 9.17) is 15.2 Å². The summed E-state index contributed by atoms with van der Waals surface area (Å²) < 4.78 is 10.5. The number of aryl methyl sites for hydroxylation is 1. The largest absolute Gasteiger partial charge is 0.493 e. The molecule has 0 saturated heterocycles. The molecule has 1 aromatic rings. The Morgan fingerprint density at radius 2 is 2.05 bits per heavy atom. The summed E-state index contributed by atoms with van der Waals surface area (Å²) in [4.78, 5) is 4.23. The maximum atomic E-state index is 5.68. The monoisotopic (exact) mass is 405 g/mol. The van der Waals surface area contributed by atoms with Gasteiger partial charge in [0.2, 0.25) is 0 Å². The number of ether oxygens (including phenoxy) is 2. The summed E-state index contributed by atoms with van der Waals surface area (Å²) in [6.07, 6.45) is 3.58. The maximum absolute atomic E-state index is 5.68. The molecule has 3 N–H and O–H groups in total. The Labute approximate surface area is 143 Å². The summed E-state index contributed by atoms with van der Waals surface area (Å²) in [5.74, 6) is 1.95. The smallest absolute Gasteiger partial charge is 0.188 e. The summed E-state index contributed by atoms with van der Waals surface area (Å²) in [6.45, 7) is 4.92. The third kappa shape index (κ3) is 7.22. The number of methoxy groups -OCH3 is 2. The number of nitrogens with two attached hydrogens (primary N) is 1. The molecule has 1 aromatic carbocycles. The zero-order chi connectivity index (χ0) is 14.8. The zero-order valence-electron chi connectivity index (χ0n) is 12.6. The molecule has 1 rings (SSSR count). The molecule has 5 nitrogen and oxygen atoms in total. The molecule has 0 heterocycles. The Morgan fingerprint density at radius 1 is 1.33 bits per heavy atom. The summed E-state index contributed by atoms with van der Waals surface area (Å²) in [6, 6.07) is 5.93. The van der Waals surface area contributed by atoms with Crippen molar-refractivity contribution in [2.24, 2.45) is 10.7 Å². The minimum atomic E-state index is 0. The molecule has 0 spiro atoms. The average molecular weight is 405 g/mol. The average Bonchev–Trinajstić information content (AvgIpc) is 2.49. The van der Waals surface area contributed by atoms with Crippen LogP contribution < -0.4 is 20.5 Å². The molecule has 0 aliphatic heterocycles. The van der Waals surface area contributed by atoms with Crippen LogP contribution in [0.3, 0.4) is 0 Å². The van der Waals surface area contributed by atoms with Gasteiger partial charge >= 0.3 is 0 Å². The van der Waals surface area contributed by atoms with Gasteiger partial charge in [-0.15, -0.1) is 30.6 Å². The predicted molar refractivity (Wildman–Crippen MR) is 98.0 cm³/mol. The highest BCUT2D eigenvalue weighted by atomic mass is 127. The normalized spacial score (nSPS) is 10.5. The first-order valence-electron chi connectivity index (χ1n) is 6.56. The van der Waals surface area contributed by atoms with E-state index in [1.54, 1.807) is 20.3 Å². The first-order chi connectivity index (χ1) is 9.71. The van der Waals surface area contributed by atoms with Crippen molar-refractivity contribution < 1.29 is 9.47 Å². The molecular weight excluding hydrogens is 381 g/mol. The van der Waals surface area contributed by atoms with E-state index < -0.39 is 0 Å². The van der Waals surface area contributed by atoms with Gasteiger partial charge in [-0.3, -0.25) is 4.99 Å². The van der Waals surface area contributed by atoms with Gasteiger partial charge < -0.3 is 20.5 Å². The van der Waals surface area contributed by atoms with Crippen molar-refractivity contribution in [1.29, 1.82) is 0 Å². The number of hydrogen-bond acceptors (Lipinski definition) is 3. The summed E-state index contributed by atoms with van der Waals surface area (Å²) in [7, 11) is 3.27. The van der Waals surface area contributed by atoms with Gasteiger partial charge in [-0.1, -0.05) is 12.1 Å². The second-order valence-corrected chi connectivity index (χ2v) is 4.23. The molecule has 0 saturated carbocycles. The number of nitrogens with one attached hydrogen (secondary N) is 1. The van der Waals surface area contributed by atoms with E-state index in [1.165, 1.54) is 5.56 Å². The summed E-state index contributed by atoms with van der Waals surface area (Å²) in [5.41, 5.74) is 6.87. The highest BCUT2D eigenvalue weighted by Crippen LogP contribution is 2.27. The van der Waals surface area contributed by atoms with Crippen molar-refractivity contribution in [3.05, 3.63) is 36.4 Å². The molecule has 0 unspecified atom stereocenters. The molecule has 118 valence electrons. The van der Waals surface area contributed by atoms with Crippen molar-refractivity contribution in [1.82, 2.24) is 5.32 Å². The van der Waals surface area contributed by atoms with Gasteiger partial charge in [0.05, 0.1) is 14.2 Å². The third-order valence-corrected chi connectivity index (χ3v) is 2.78. The lowest BCUT2D eigenvalue weighted by molar-refractivity contribution is 0.354. The van der Waals surface area contributed by atoms with Crippen LogP contribution in [0, 0.1) is 0 Å². The fourth-order valence-corrected chi connectivity index (χ4v) is 1.75. The number of aliphatic imine (C=N–C) groups is 1. The van der Waals surface area contributed by atoms with E-state index in [0.717, 1.165) is 24.3 Å². The van der Waals surface area contributed by atoms with Crippen LogP contribution in [0.2, 0.25) is 0 Å². The van der Waals surface area contributed by atoms with E-state index in [1.807, 2.05) is 18.2 Å². The van der Waals surface area contributed by atoms with Gasteiger partial charge in [-0.2, -0.15) is 0 Å². The number of hydrogen-bond donors (Lipinski definition) is 2. The molecular formula is C15H24IN3O2. The van der Waals surface area contributed by atoms with E-state index in [9.17, 15) is 0 Å². The molecule has 21 heavy (non-hydrogen) atoms. The van der Waals surface area contributed by atoms with Crippen molar-refractivity contribution >= 4 is 29.9 Å². The topological polar surface area (TPSA) is 68.9 Å². The van der Waals surface area contributed by atoms with E-state index >= 15 is 0 Å². The lowest BCUT2D eigenvalue weighted by atomic mass is 10.1. The second kappa shape index (κ2) is 11.2. The Bertz CT molecular complexity index is 464. The highest BCUT2D eigenvalue weighted by Gasteiger charge is 2.04. The van der Waals surface area contributed by atoms with Crippen LogP contribution in [0.4, 0.5) is 0 Å². The fourth-order valence-electron chi connectivity index (χ4n) is 1.75. The van der Waals surface area contributed by atoms with Gasteiger partial charge in [0.1, 0.15) is 0 Å². The van der Waals surface area contributed by atoms with Gasteiger partial charge in [-0.05, 0) is 30.5 Å². The molecule has 0 aromatic heterocycles. The van der Waals surface area contributed by atoms with Crippen LogP contribution in [0.5, 0.6) is 11.5 Å². The molecule has 0 atom stereocenters. The SMILES string of the molecule is C=CCNC(N)=NCCCc1ccc(OC)c(OC)c1.I. The molecule has 0 aliphatic carbocycles. The van der Waals surface area contributed by atoms with Crippen molar-refractivity contribution in [3.63, 3.8) is 0 Å². The van der Waals surface area contributed by atoms with E-state index in [2.05, 4.69) is 16.9 Å². The number of halogens is 1. The molecule has 0 aliphatic rings. The fraction of sp³-hybridized carbons (Fsp3) is 0.400. The molecule has 0 radical (unpaired) electrons. The summed E-state index contributed by atoms with van der Waals surface area (Å²) in [5, 5.41) is 2.94. The van der Waals surface area contributed by atoms with E-state index in [-0.39, 0.29) is 24.0 Å². The van der Waals surface area contributed by atoms with Gasteiger partial charge in [-0.25, -0.2) is 0 Å². The first-order valence-corrected chi connectivity index (χ1v) is 6.56. The van der Waals surface area contributed by atoms with Gasteiger partial charge in [0.15, 0.2) is 17.5 Å². The molecule has 6 heteroatoms. The van der Waals surface area contributed by atoms with Crippen molar-refractivity contribution in [2.75, 3.05) is 27.3 Å². The van der Waals surface area contributed by atoms with E-state index in [0.29, 0.717) is 19.0 Å². The van der Waals surface area contributed by atoms with Gasteiger partial charge in [0, 0.05) is 13.1 Å². The number of guanidine groups is 1. The summed E-state index contributed by atoms with van der Waals surface area (Å²) >= 11 is 0. The van der Waals surface area contributed by atoms with Crippen LogP contribution in [0.15, 0.2) is 35.8 Å². The minimum absolute atomic E-state index is 0. The molecule has 0 fully saturated rings. The number of rotatable bonds is 8. The molecule has 0 bridgehead atoms.